The summed E-state index contributed by atoms with van der Waals surface area (Å²) in [4.78, 5) is 12.9. The molecule has 1 heterocycles. The Balaban J connectivity index is 2.19. The van der Waals surface area contributed by atoms with Gasteiger partial charge in [0.1, 0.15) is 28.9 Å². The van der Waals surface area contributed by atoms with Gasteiger partial charge in [0.15, 0.2) is 0 Å². The Hall–Kier alpha value is -2.75. The van der Waals surface area contributed by atoms with Crippen molar-refractivity contribution in [3.63, 3.8) is 0 Å². The van der Waals surface area contributed by atoms with Gasteiger partial charge < -0.3 is 13.9 Å². The molecule has 0 saturated carbocycles. The average molecular weight is 282 g/mol. The Morgan fingerprint density at radius 3 is 2.29 bits per heavy atom. The van der Waals surface area contributed by atoms with Crippen molar-refractivity contribution in [2.45, 2.75) is 0 Å². The van der Waals surface area contributed by atoms with Crippen LogP contribution in [0.4, 0.5) is 0 Å². The molecule has 21 heavy (non-hydrogen) atoms. The lowest BCUT2D eigenvalue weighted by molar-refractivity contribution is 0.103. The van der Waals surface area contributed by atoms with E-state index in [2.05, 4.69) is 0 Å². The molecule has 0 atom stereocenters. The Kier molecular flexibility index (Phi) is 3.36. The number of para-hydroxylation sites is 1. The zero-order chi connectivity index (χ0) is 14.8. The predicted octanol–water partition coefficient (Wildman–Crippen LogP) is 3.68. The molecule has 3 aromatic rings. The highest BCUT2D eigenvalue weighted by Gasteiger charge is 2.22. The van der Waals surface area contributed by atoms with Crippen LogP contribution in [0.15, 0.2) is 53.1 Å². The summed E-state index contributed by atoms with van der Waals surface area (Å²) < 4.78 is 16.0. The Labute approximate surface area is 121 Å². The van der Waals surface area contributed by atoms with Gasteiger partial charge in [0, 0.05) is 5.39 Å². The van der Waals surface area contributed by atoms with Crippen LogP contribution in [-0.4, -0.2) is 20.0 Å². The third kappa shape index (κ3) is 2.14. The molecule has 0 saturated heterocycles. The molecule has 0 unspecified atom stereocenters. The van der Waals surface area contributed by atoms with E-state index in [9.17, 15) is 4.79 Å². The van der Waals surface area contributed by atoms with E-state index in [1.165, 1.54) is 20.5 Å². The van der Waals surface area contributed by atoms with E-state index in [1.54, 1.807) is 18.2 Å². The molecule has 4 nitrogen and oxygen atoms in total. The van der Waals surface area contributed by atoms with Crippen molar-refractivity contribution in [2.75, 3.05) is 14.2 Å². The van der Waals surface area contributed by atoms with Crippen molar-refractivity contribution in [1.82, 2.24) is 0 Å². The summed E-state index contributed by atoms with van der Waals surface area (Å²) in [7, 11) is 3.05. The standard InChI is InChI=1S/C17H14O4/c1-19-14-8-5-9-15(20-2)16(14)17(18)12-10-21-13-7-4-3-6-11(12)13/h3-10H,1-2H3. The second-order valence-corrected chi connectivity index (χ2v) is 4.51. The Bertz CT molecular complexity index is 779. The summed E-state index contributed by atoms with van der Waals surface area (Å²) in [5, 5.41) is 0.774. The van der Waals surface area contributed by atoms with Gasteiger partial charge in [-0.3, -0.25) is 4.79 Å². The molecule has 0 aliphatic rings. The maximum Gasteiger partial charge on any atom is 0.204 e. The first kappa shape index (κ1) is 13.2. The fourth-order valence-electron chi connectivity index (χ4n) is 2.36. The third-order valence-corrected chi connectivity index (χ3v) is 3.38. The van der Waals surface area contributed by atoms with Gasteiger partial charge in [0.25, 0.3) is 0 Å². The van der Waals surface area contributed by atoms with Crippen molar-refractivity contribution >= 4 is 16.8 Å². The number of fused-ring (bicyclic) bond motifs is 1. The maximum absolute atomic E-state index is 12.9. The molecule has 0 radical (unpaired) electrons. The van der Waals surface area contributed by atoms with Gasteiger partial charge in [-0.15, -0.1) is 0 Å². The highest BCUT2D eigenvalue weighted by molar-refractivity contribution is 6.18. The van der Waals surface area contributed by atoms with Crippen molar-refractivity contribution in [2.24, 2.45) is 0 Å². The highest BCUT2D eigenvalue weighted by Crippen LogP contribution is 2.33. The quantitative estimate of drug-likeness (QED) is 0.685. The summed E-state index contributed by atoms with van der Waals surface area (Å²) in [6.45, 7) is 0. The molecule has 0 N–H and O–H groups in total. The number of carbonyl (C=O) groups is 1. The van der Waals surface area contributed by atoms with Gasteiger partial charge in [-0.2, -0.15) is 0 Å². The summed E-state index contributed by atoms with van der Waals surface area (Å²) in [5.41, 5.74) is 1.57. The van der Waals surface area contributed by atoms with E-state index in [-0.39, 0.29) is 5.78 Å². The molecule has 0 spiro atoms. The van der Waals surface area contributed by atoms with Crippen LogP contribution < -0.4 is 9.47 Å². The summed E-state index contributed by atoms with van der Waals surface area (Å²) in [5.74, 6) is 0.767. The van der Waals surface area contributed by atoms with Crippen molar-refractivity contribution in [3.8, 4) is 11.5 Å². The first-order chi connectivity index (χ1) is 10.3. The Morgan fingerprint density at radius 1 is 0.952 bits per heavy atom. The number of hydrogen-bond acceptors (Lipinski definition) is 4. The maximum atomic E-state index is 12.9. The monoisotopic (exact) mass is 282 g/mol. The van der Waals surface area contributed by atoms with Crippen molar-refractivity contribution in [1.29, 1.82) is 0 Å². The minimum atomic E-state index is -0.186. The van der Waals surface area contributed by atoms with Crippen LogP contribution >= 0.6 is 0 Å². The van der Waals surface area contributed by atoms with Crippen LogP contribution in [0.1, 0.15) is 15.9 Å². The zero-order valence-corrected chi connectivity index (χ0v) is 11.8. The fourth-order valence-corrected chi connectivity index (χ4v) is 2.36. The molecule has 0 aliphatic carbocycles. The van der Waals surface area contributed by atoms with E-state index in [0.29, 0.717) is 28.2 Å². The lowest BCUT2D eigenvalue weighted by Gasteiger charge is -2.11. The number of hydrogen-bond donors (Lipinski definition) is 0. The number of furan rings is 1. The first-order valence-electron chi connectivity index (χ1n) is 6.48. The third-order valence-electron chi connectivity index (χ3n) is 3.38. The van der Waals surface area contributed by atoms with Crippen LogP contribution in [0.25, 0.3) is 11.0 Å². The normalized spacial score (nSPS) is 10.6. The van der Waals surface area contributed by atoms with Gasteiger partial charge in [-0.25, -0.2) is 0 Å². The van der Waals surface area contributed by atoms with Crippen LogP contribution in [0.3, 0.4) is 0 Å². The fraction of sp³-hybridized carbons (Fsp3) is 0.118. The molecular weight excluding hydrogens is 268 g/mol. The predicted molar refractivity (Wildman–Crippen MR) is 79.2 cm³/mol. The second-order valence-electron chi connectivity index (χ2n) is 4.51. The lowest BCUT2D eigenvalue weighted by atomic mass is 10.0. The largest absolute Gasteiger partial charge is 0.496 e. The lowest BCUT2D eigenvalue weighted by Crippen LogP contribution is -2.06. The van der Waals surface area contributed by atoms with Crippen LogP contribution in [0, 0.1) is 0 Å². The number of carbonyl (C=O) groups excluding carboxylic acids is 1. The number of rotatable bonds is 4. The molecule has 4 heteroatoms. The van der Waals surface area contributed by atoms with Crippen LogP contribution in [-0.2, 0) is 0 Å². The topological polar surface area (TPSA) is 48.7 Å². The van der Waals surface area contributed by atoms with Gasteiger partial charge in [-0.1, -0.05) is 24.3 Å². The molecule has 0 fully saturated rings. The minimum Gasteiger partial charge on any atom is -0.496 e. The molecular formula is C17H14O4. The summed E-state index contributed by atoms with van der Waals surface area (Å²) in [6.07, 6.45) is 1.47. The average Bonchev–Trinajstić information content (AvgIpc) is 2.97. The van der Waals surface area contributed by atoms with Crippen molar-refractivity contribution in [3.05, 3.63) is 59.9 Å². The van der Waals surface area contributed by atoms with E-state index < -0.39 is 0 Å². The van der Waals surface area contributed by atoms with E-state index >= 15 is 0 Å². The Morgan fingerprint density at radius 2 is 1.62 bits per heavy atom. The number of ether oxygens (including phenoxy) is 2. The second kappa shape index (κ2) is 5.32. The molecule has 3 rings (SSSR count). The van der Waals surface area contributed by atoms with E-state index in [1.807, 2.05) is 24.3 Å². The van der Waals surface area contributed by atoms with Gasteiger partial charge in [0.2, 0.25) is 5.78 Å². The van der Waals surface area contributed by atoms with Crippen molar-refractivity contribution < 1.29 is 18.7 Å². The number of ketones is 1. The molecule has 1 aromatic heterocycles. The SMILES string of the molecule is COc1cccc(OC)c1C(=O)c1coc2ccccc12. The first-order valence-corrected chi connectivity index (χ1v) is 6.48. The van der Waals surface area contributed by atoms with E-state index in [0.717, 1.165) is 5.39 Å². The smallest absolute Gasteiger partial charge is 0.204 e. The number of methoxy groups -OCH3 is 2. The zero-order valence-electron chi connectivity index (χ0n) is 11.8. The molecule has 0 bridgehead atoms. The van der Waals surface area contributed by atoms with Gasteiger partial charge in [0.05, 0.1) is 19.8 Å². The minimum absolute atomic E-state index is 0.186. The molecule has 0 aliphatic heterocycles. The highest BCUT2D eigenvalue weighted by atomic mass is 16.5. The summed E-state index contributed by atoms with van der Waals surface area (Å²) in [6, 6.07) is 12.7. The van der Waals surface area contributed by atoms with Crippen LogP contribution in [0.2, 0.25) is 0 Å². The summed E-state index contributed by atoms with van der Waals surface area (Å²) >= 11 is 0. The molecule has 106 valence electrons. The van der Waals surface area contributed by atoms with Crippen LogP contribution in [0.5, 0.6) is 11.5 Å². The molecule has 0 amide bonds. The molecule has 2 aromatic carbocycles. The van der Waals surface area contributed by atoms with E-state index in [4.69, 9.17) is 13.9 Å². The van der Waals surface area contributed by atoms with Gasteiger partial charge in [-0.05, 0) is 18.2 Å². The van der Waals surface area contributed by atoms with Gasteiger partial charge >= 0.3 is 0 Å². The number of benzene rings is 2.